The van der Waals surface area contributed by atoms with Crippen molar-refractivity contribution in [2.24, 2.45) is 5.92 Å². The minimum absolute atomic E-state index is 0.140. The van der Waals surface area contributed by atoms with Gasteiger partial charge in [0, 0.05) is 33.2 Å². The van der Waals surface area contributed by atoms with E-state index in [-0.39, 0.29) is 12.1 Å². The number of methoxy groups -OCH3 is 1. The zero-order valence-corrected chi connectivity index (χ0v) is 13.0. The zero-order valence-electron chi connectivity index (χ0n) is 13.0. The van der Waals surface area contributed by atoms with E-state index in [1.807, 2.05) is 4.90 Å². The molecule has 0 aliphatic carbocycles. The van der Waals surface area contributed by atoms with E-state index < -0.39 is 12.0 Å². The fourth-order valence-corrected chi connectivity index (χ4v) is 3.36. The van der Waals surface area contributed by atoms with Gasteiger partial charge < -0.3 is 19.6 Å². The topological polar surface area (TPSA) is 70.1 Å². The summed E-state index contributed by atoms with van der Waals surface area (Å²) in [6, 6.07) is -0.897. The molecule has 21 heavy (non-hydrogen) atoms. The van der Waals surface area contributed by atoms with E-state index in [1.54, 1.807) is 7.11 Å². The Balaban J connectivity index is 2.02. The number of hydrogen-bond acceptors (Lipinski definition) is 3. The summed E-state index contributed by atoms with van der Waals surface area (Å²) in [5.41, 5.74) is 0. The highest BCUT2D eigenvalue weighted by Gasteiger charge is 2.41. The number of amides is 2. The van der Waals surface area contributed by atoms with Crippen LogP contribution in [0.4, 0.5) is 4.79 Å². The predicted octanol–water partition coefficient (Wildman–Crippen LogP) is 1.79. The number of carbonyl (C=O) groups excluding carboxylic acids is 1. The molecule has 0 aromatic heterocycles. The molecule has 2 saturated heterocycles. The van der Waals surface area contributed by atoms with Gasteiger partial charge in [-0.3, -0.25) is 0 Å². The number of carboxylic acid groups (broad SMARTS) is 1. The zero-order chi connectivity index (χ0) is 15.4. The lowest BCUT2D eigenvalue weighted by atomic mass is 9.98. The van der Waals surface area contributed by atoms with Crippen LogP contribution in [0, 0.1) is 5.92 Å². The lowest BCUT2D eigenvalue weighted by molar-refractivity contribution is -0.141. The Kier molecular flexibility index (Phi) is 5.45. The summed E-state index contributed by atoms with van der Waals surface area (Å²) >= 11 is 0. The largest absolute Gasteiger partial charge is 0.480 e. The van der Waals surface area contributed by atoms with Crippen LogP contribution in [-0.4, -0.2) is 65.8 Å². The maximum atomic E-state index is 12.7. The minimum Gasteiger partial charge on any atom is -0.480 e. The van der Waals surface area contributed by atoms with Crippen molar-refractivity contribution in [3.8, 4) is 0 Å². The Morgan fingerprint density at radius 3 is 2.67 bits per heavy atom. The van der Waals surface area contributed by atoms with E-state index in [0.29, 0.717) is 18.9 Å². The first-order valence-corrected chi connectivity index (χ1v) is 7.88. The molecular weight excluding hydrogens is 272 g/mol. The van der Waals surface area contributed by atoms with Crippen molar-refractivity contribution < 1.29 is 19.4 Å². The first-order chi connectivity index (χ1) is 10.1. The highest BCUT2D eigenvalue weighted by molar-refractivity contribution is 5.83. The summed E-state index contributed by atoms with van der Waals surface area (Å²) in [6.07, 6.45) is 4.53. The van der Waals surface area contributed by atoms with Gasteiger partial charge in [0.2, 0.25) is 0 Å². The monoisotopic (exact) mass is 298 g/mol. The van der Waals surface area contributed by atoms with Crippen LogP contribution < -0.4 is 0 Å². The Labute approximate surface area is 126 Å². The second-order valence-corrected chi connectivity index (χ2v) is 6.07. The lowest BCUT2D eigenvalue weighted by Gasteiger charge is -2.29. The van der Waals surface area contributed by atoms with Crippen LogP contribution in [0.2, 0.25) is 0 Å². The number of ether oxygens (including phenoxy) is 1. The first kappa shape index (κ1) is 16.1. The summed E-state index contributed by atoms with van der Waals surface area (Å²) in [5, 5.41) is 9.31. The Morgan fingerprint density at radius 2 is 2.05 bits per heavy atom. The van der Waals surface area contributed by atoms with Crippen LogP contribution in [0.15, 0.2) is 0 Å². The average Bonchev–Trinajstić information content (AvgIpc) is 2.78. The van der Waals surface area contributed by atoms with Crippen LogP contribution >= 0.6 is 0 Å². The number of carboxylic acids is 1. The van der Waals surface area contributed by atoms with Gasteiger partial charge in [0.25, 0.3) is 0 Å². The molecule has 3 unspecified atom stereocenters. The van der Waals surface area contributed by atoms with Crippen LogP contribution in [0.3, 0.4) is 0 Å². The van der Waals surface area contributed by atoms with Gasteiger partial charge in [-0.2, -0.15) is 0 Å². The van der Waals surface area contributed by atoms with E-state index in [2.05, 4.69) is 6.92 Å². The Bertz CT molecular complexity index is 388. The number of hydrogen-bond donors (Lipinski definition) is 1. The van der Waals surface area contributed by atoms with E-state index in [0.717, 1.165) is 38.8 Å². The normalized spacial score (nSPS) is 30.3. The number of urea groups is 1. The van der Waals surface area contributed by atoms with E-state index in [9.17, 15) is 14.7 Å². The molecular formula is C15H26N2O4. The molecule has 0 spiro atoms. The summed E-state index contributed by atoms with van der Waals surface area (Å²) in [6.45, 7) is 4.03. The number of aliphatic carboxylic acids is 1. The molecule has 2 rings (SSSR count). The molecule has 120 valence electrons. The van der Waals surface area contributed by atoms with E-state index >= 15 is 0 Å². The standard InChI is InChI=1S/C15H26N2O4/c1-3-11-5-4-7-16(8-6-11)15(20)17-10-12(21-2)9-13(17)14(18)19/h11-13H,3-10H2,1-2H3,(H,18,19). The smallest absolute Gasteiger partial charge is 0.326 e. The molecule has 0 aromatic carbocycles. The molecule has 3 atom stereocenters. The number of rotatable bonds is 3. The van der Waals surface area contributed by atoms with Crippen molar-refractivity contribution in [1.29, 1.82) is 0 Å². The third kappa shape index (κ3) is 3.67. The molecule has 0 aromatic rings. The van der Waals surface area contributed by atoms with Crippen LogP contribution in [0.5, 0.6) is 0 Å². The molecule has 2 heterocycles. The molecule has 2 aliphatic heterocycles. The molecule has 2 amide bonds. The van der Waals surface area contributed by atoms with Gasteiger partial charge in [-0.05, 0) is 25.2 Å². The van der Waals surface area contributed by atoms with Crippen molar-refractivity contribution in [2.45, 2.75) is 51.2 Å². The predicted molar refractivity (Wildman–Crippen MR) is 78.1 cm³/mol. The Morgan fingerprint density at radius 1 is 1.29 bits per heavy atom. The summed E-state index contributed by atoms with van der Waals surface area (Å²) < 4.78 is 5.24. The highest BCUT2D eigenvalue weighted by atomic mass is 16.5. The van der Waals surface area contributed by atoms with Gasteiger partial charge in [-0.1, -0.05) is 13.3 Å². The molecule has 6 nitrogen and oxygen atoms in total. The average molecular weight is 298 g/mol. The lowest BCUT2D eigenvalue weighted by Crippen LogP contribution is -2.48. The quantitative estimate of drug-likeness (QED) is 0.862. The maximum absolute atomic E-state index is 12.7. The summed E-state index contributed by atoms with van der Waals surface area (Å²) in [4.78, 5) is 27.3. The number of carbonyl (C=O) groups is 2. The maximum Gasteiger partial charge on any atom is 0.326 e. The summed E-state index contributed by atoms with van der Waals surface area (Å²) in [7, 11) is 1.56. The molecule has 6 heteroatoms. The van der Waals surface area contributed by atoms with Crippen LogP contribution in [-0.2, 0) is 9.53 Å². The van der Waals surface area contributed by atoms with E-state index in [1.165, 1.54) is 4.90 Å². The molecule has 2 aliphatic rings. The van der Waals surface area contributed by atoms with E-state index in [4.69, 9.17) is 4.74 Å². The Hall–Kier alpha value is -1.30. The number of nitrogens with zero attached hydrogens (tertiary/aromatic N) is 2. The van der Waals surface area contributed by atoms with Crippen molar-refractivity contribution in [2.75, 3.05) is 26.7 Å². The van der Waals surface area contributed by atoms with Crippen molar-refractivity contribution in [3.63, 3.8) is 0 Å². The molecule has 0 radical (unpaired) electrons. The molecule has 1 N–H and O–H groups in total. The van der Waals surface area contributed by atoms with Gasteiger partial charge in [-0.15, -0.1) is 0 Å². The third-order valence-electron chi connectivity index (χ3n) is 4.82. The summed E-state index contributed by atoms with van der Waals surface area (Å²) in [5.74, 6) is -0.257. The molecule has 2 fully saturated rings. The van der Waals surface area contributed by atoms with Gasteiger partial charge in [0.15, 0.2) is 0 Å². The van der Waals surface area contributed by atoms with Gasteiger partial charge >= 0.3 is 12.0 Å². The van der Waals surface area contributed by atoms with Crippen LogP contribution in [0.1, 0.15) is 39.0 Å². The van der Waals surface area contributed by atoms with Crippen molar-refractivity contribution in [1.82, 2.24) is 9.80 Å². The fraction of sp³-hybridized carbons (Fsp3) is 0.867. The minimum atomic E-state index is -0.941. The second-order valence-electron chi connectivity index (χ2n) is 6.07. The van der Waals surface area contributed by atoms with Crippen LogP contribution in [0.25, 0.3) is 0 Å². The van der Waals surface area contributed by atoms with Crippen molar-refractivity contribution in [3.05, 3.63) is 0 Å². The van der Waals surface area contributed by atoms with Gasteiger partial charge in [0.05, 0.1) is 6.10 Å². The third-order valence-corrected chi connectivity index (χ3v) is 4.82. The SMILES string of the molecule is CCC1CCCN(C(=O)N2CC(OC)CC2C(=O)O)CC1. The highest BCUT2D eigenvalue weighted by Crippen LogP contribution is 2.25. The molecule has 0 bridgehead atoms. The van der Waals surface area contributed by atoms with Gasteiger partial charge in [0.1, 0.15) is 6.04 Å². The van der Waals surface area contributed by atoms with Gasteiger partial charge in [-0.25, -0.2) is 9.59 Å². The van der Waals surface area contributed by atoms with Crippen molar-refractivity contribution >= 4 is 12.0 Å². The second kappa shape index (κ2) is 7.11. The number of likely N-dealkylation sites (tertiary alicyclic amines) is 2. The fourth-order valence-electron chi connectivity index (χ4n) is 3.36. The molecule has 0 saturated carbocycles. The first-order valence-electron chi connectivity index (χ1n) is 7.88.